The molecule has 172 valence electrons. The molecule has 1 aromatic rings. The van der Waals surface area contributed by atoms with Crippen LogP contribution in [0.2, 0.25) is 0 Å². The lowest BCUT2D eigenvalue weighted by Gasteiger charge is -2.03. The lowest BCUT2D eigenvalue weighted by atomic mass is 10.1. The highest BCUT2D eigenvalue weighted by Gasteiger charge is 2.10. The Labute approximate surface area is 181 Å². The van der Waals surface area contributed by atoms with Gasteiger partial charge in [0, 0.05) is 0 Å². The Morgan fingerprint density at radius 1 is 0.867 bits per heavy atom. The van der Waals surface area contributed by atoms with Crippen LogP contribution in [0, 0.1) is 0 Å². The molecule has 0 fully saturated rings. The van der Waals surface area contributed by atoms with E-state index in [1.807, 2.05) is 27.7 Å². The van der Waals surface area contributed by atoms with Gasteiger partial charge in [-0.05, 0) is 46.0 Å². The standard InChI is InChI=1S/C11H18N6O3.C8H16.C2H6/c1-5-8(6-2)17-20-11-14-9(18-12)13-10(15-11)19-16-7(3)4;1-4-6-7-8(3)5-2;1-2/h5-6,12H2,1-4H3;3-7H2,1-2H3;1-2H3. The van der Waals surface area contributed by atoms with Gasteiger partial charge in [-0.3, -0.25) is 0 Å². The molecule has 1 aromatic heterocycles. The summed E-state index contributed by atoms with van der Waals surface area (Å²) in [6, 6.07) is -0.334. The number of allylic oxidation sites excluding steroid dienone is 1. The van der Waals surface area contributed by atoms with Crippen molar-refractivity contribution in [2.24, 2.45) is 16.2 Å². The molecule has 1 heterocycles. The first kappa shape index (κ1) is 29.6. The Kier molecular flexibility index (Phi) is 19.5. The number of rotatable bonds is 11. The van der Waals surface area contributed by atoms with E-state index < -0.39 is 0 Å². The predicted octanol–water partition coefficient (Wildman–Crippen LogP) is 5.62. The Hall–Kier alpha value is -2.55. The highest BCUT2D eigenvalue weighted by molar-refractivity contribution is 5.83. The van der Waals surface area contributed by atoms with Crippen LogP contribution in [0.5, 0.6) is 18.0 Å². The van der Waals surface area contributed by atoms with E-state index in [9.17, 15) is 0 Å². The van der Waals surface area contributed by atoms with Crippen molar-refractivity contribution < 1.29 is 14.5 Å². The smallest absolute Gasteiger partial charge is 0.355 e. The van der Waals surface area contributed by atoms with Gasteiger partial charge in [-0.2, -0.15) is 5.90 Å². The monoisotopic (exact) mass is 424 g/mol. The van der Waals surface area contributed by atoms with Gasteiger partial charge in [0.2, 0.25) is 0 Å². The molecule has 0 spiro atoms. The minimum absolute atomic E-state index is 0.0844. The van der Waals surface area contributed by atoms with Crippen molar-refractivity contribution in [2.75, 3.05) is 0 Å². The maximum Gasteiger partial charge on any atom is 0.355 e. The molecule has 0 saturated heterocycles. The zero-order chi connectivity index (χ0) is 23.4. The third-order valence-corrected chi connectivity index (χ3v) is 3.45. The minimum Gasteiger partial charge on any atom is -0.371 e. The van der Waals surface area contributed by atoms with E-state index in [1.54, 1.807) is 13.8 Å². The van der Waals surface area contributed by atoms with Crippen LogP contribution in [0.25, 0.3) is 0 Å². The highest BCUT2D eigenvalue weighted by Crippen LogP contribution is 2.14. The molecular formula is C21H40N6O3. The van der Waals surface area contributed by atoms with E-state index in [1.165, 1.54) is 24.8 Å². The van der Waals surface area contributed by atoms with Gasteiger partial charge in [0.05, 0.1) is 11.4 Å². The molecule has 0 unspecified atom stereocenters. The summed E-state index contributed by atoms with van der Waals surface area (Å²) in [7, 11) is 0. The topological polar surface area (TPSA) is 117 Å². The fraction of sp³-hybridized carbons (Fsp3) is 0.667. The van der Waals surface area contributed by atoms with E-state index in [0.29, 0.717) is 5.71 Å². The van der Waals surface area contributed by atoms with Crippen molar-refractivity contribution in [3.8, 4) is 18.0 Å². The molecule has 30 heavy (non-hydrogen) atoms. The van der Waals surface area contributed by atoms with Gasteiger partial charge < -0.3 is 14.5 Å². The second-order valence-electron chi connectivity index (χ2n) is 6.09. The molecule has 1 rings (SSSR count). The largest absolute Gasteiger partial charge is 0.371 e. The van der Waals surface area contributed by atoms with Crippen LogP contribution in [0.15, 0.2) is 22.5 Å². The summed E-state index contributed by atoms with van der Waals surface area (Å²) in [6.45, 7) is 19.8. The van der Waals surface area contributed by atoms with Crippen molar-refractivity contribution in [3.63, 3.8) is 0 Å². The Bertz CT molecular complexity index is 638. The van der Waals surface area contributed by atoms with E-state index in [4.69, 9.17) is 15.6 Å². The van der Waals surface area contributed by atoms with E-state index in [-0.39, 0.29) is 18.0 Å². The number of nitrogens with zero attached hydrogens (tertiary/aromatic N) is 5. The van der Waals surface area contributed by atoms with Gasteiger partial charge in [-0.1, -0.05) is 70.4 Å². The average Bonchev–Trinajstić information content (AvgIpc) is 2.78. The Balaban J connectivity index is 0. The first-order valence-electron chi connectivity index (χ1n) is 10.6. The second kappa shape index (κ2) is 19.8. The van der Waals surface area contributed by atoms with Crippen LogP contribution in [-0.4, -0.2) is 26.4 Å². The summed E-state index contributed by atoms with van der Waals surface area (Å²) in [6.07, 6.45) is 6.52. The normalized spacial score (nSPS) is 9.10. The molecule has 2 N–H and O–H groups in total. The van der Waals surface area contributed by atoms with Crippen molar-refractivity contribution in [1.29, 1.82) is 0 Å². The molecule has 0 atom stereocenters. The summed E-state index contributed by atoms with van der Waals surface area (Å²) < 4.78 is 0. The minimum atomic E-state index is -0.154. The molecule has 0 aliphatic carbocycles. The fourth-order valence-corrected chi connectivity index (χ4v) is 1.67. The predicted molar refractivity (Wildman–Crippen MR) is 123 cm³/mol. The molecule has 0 amide bonds. The molecule has 0 saturated carbocycles. The summed E-state index contributed by atoms with van der Waals surface area (Å²) in [5.74, 6) is 5.02. The van der Waals surface area contributed by atoms with Crippen LogP contribution in [-0.2, 0) is 0 Å². The van der Waals surface area contributed by atoms with E-state index >= 15 is 0 Å². The SMILES string of the molecule is C=C(CC)CCCC.CC.CCC(CC)=NOc1nc(ON)nc(ON=C(C)C)n1. The van der Waals surface area contributed by atoms with Gasteiger partial charge in [0.15, 0.2) is 0 Å². The summed E-state index contributed by atoms with van der Waals surface area (Å²) in [4.78, 5) is 25.9. The first-order valence-corrected chi connectivity index (χ1v) is 10.6. The molecule has 0 radical (unpaired) electrons. The number of hydrogen-bond acceptors (Lipinski definition) is 9. The van der Waals surface area contributed by atoms with Crippen LogP contribution >= 0.6 is 0 Å². The number of nitrogens with two attached hydrogens (primary N) is 1. The molecule has 0 aromatic carbocycles. The van der Waals surface area contributed by atoms with Crippen molar-refractivity contribution in [2.45, 2.75) is 93.9 Å². The van der Waals surface area contributed by atoms with Crippen LogP contribution in [0.4, 0.5) is 0 Å². The Morgan fingerprint density at radius 2 is 1.37 bits per heavy atom. The maximum absolute atomic E-state index is 5.10. The zero-order valence-corrected chi connectivity index (χ0v) is 20.0. The van der Waals surface area contributed by atoms with E-state index in [2.05, 4.69) is 50.5 Å². The number of unbranched alkanes of at least 4 members (excludes halogenated alkanes) is 1. The molecule has 0 aliphatic heterocycles. The van der Waals surface area contributed by atoms with Crippen LogP contribution < -0.4 is 20.4 Å². The molecule has 9 heteroatoms. The second-order valence-corrected chi connectivity index (χ2v) is 6.09. The molecule has 0 aliphatic rings. The molecule has 9 nitrogen and oxygen atoms in total. The summed E-state index contributed by atoms with van der Waals surface area (Å²) in [5, 5.41) is 7.63. The van der Waals surface area contributed by atoms with Crippen molar-refractivity contribution >= 4 is 11.4 Å². The van der Waals surface area contributed by atoms with Gasteiger partial charge >= 0.3 is 18.0 Å². The van der Waals surface area contributed by atoms with Gasteiger partial charge in [0.1, 0.15) is 0 Å². The maximum atomic E-state index is 5.10. The highest BCUT2D eigenvalue weighted by atomic mass is 16.7. The number of aromatic nitrogens is 3. The zero-order valence-electron chi connectivity index (χ0n) is 20.0. The molecule has 0 bridgehead atoms. The van der Waals surface area contributed by atoms with Gasteiger partial charge in [-0.15, -0.1) is 15.0 Å². The third-order valence-electron chi connectivity index (χ3n) is 3.45. The first-order chi connectivity index (χ1) is 14.4. The quantitative estimate of drug-likeness (QED) is 0.278. The number of hydrogen-bond donors (Lipinski definition) is 1. The summed E-state index contributed by atoms with van der Waals surface area (Å²) in [5.41, 5.74) is 2.96. The van der Waals surface area contributed by atoms with Crippen molar-refractivity contribution in [1.82, 2.24) is 15.0 Å². The lowest BCUT2D eigenvalue weighted by molar-refractivity contribution is 0.247. The lowest BCUT2D eigenvalue weighted by Crippen LogP contribution is -2.09. The number of oxime groups is 2. The van der Waals surface area contributed by atoms with E-state index in [0.717, 1.165) is 25.0 Å². The Morgan fingerprint density at radius 3 is 1.77 bits per heavy atom. The van der Waals surface area contributed by atoms with Crippen molar-refractivity contribution in [3.05, 3.63) is 12.2 Å². The average molecular weight is 425 g/mol. The van der Waals surface area contributed by atoms with Gasteiger partial charge in [0.25, 0.3) is 0 Å². The van der Waals surface area contributed by atoms with Crippen LogP contribution in [0.3, 0.4) is 0 Å². The fourth-order valence-electron chi connectivity index (χ4n) is 1.67. The van der Waals surface area contributed by atoms with Crippen LogP contribution in [0.1, 0.15) is 93.9 Å². The summed E-state index contributed by atoms with van der Waals surface area (Å²) >= 11 is 0. The third kappa shape index (κ3) is 15.4. The van der Waals surface area contributed by atoms with Gasteiger partial charge in [-0.25, -0.2) is 0 Å². The molecular weight excluding hydrogens is 384 g/mol.